The third-order valence-electron chi connectivity index (χ3n) is 8.87. The zero-order valence-electron chi connectivity index (χ0n) is 20.3. The SMILES string of the molecule is CC1CCN(C(=O)c2cccc(N3C(=O)[C@H]4C5c6ccccc6C(c6ccccc65)[C@@H]4C3=O)c2)CC1. The number of imide groups is 1. The van der Waals surface area contributed by atoms with Crippen LogP contribution in [0.5, 0.6) is 0 Å². The Morgan fingerprint density at radius 3 is 1.72 bits per heavy atom. The van der Waals surface area contributed by atoms with Crippen molar-refractivity contribution in [3.63, 3.8) is 0 Å². The highest BCUT2D eigenvalue weighted by Crippen LogP contribution is 2.61. The quantitative estimate of drug-likeness (QED) is 0.492. The molecule has 36 heavy (non-hydrogen) atoms. The topological polar surface area (TPSA) is 57.7 Å². The zero-order chi connectivity index (χ0) is 24.6. The number of hydrogen-bond donors (Lipinski definition) is 0. The van der Waals surface area contributed by atoms with Crippen LogP contribution in [0.3, 0.4) is 0 Å². The van der Waals surface area contributed by atoms with Gasteiger partial charge in [-0.3, -0.25) is 14.4 Å². The molecule has 0 spiro atoms. The van der Waals surface area contributed by atoms with Gasteiger partial charge in [-0.05, 0) is 59.2 Å². The van der Waals surface area contributed by atoms with Gasteiger partial charge in [-0.25, -0.2) is 4.90 Å². The van der Waals surface area contributed by atoms with Crippen LogP contribution in [-0.4, -0.2) is 35.7 Å². The fraction of sp³-hybridized carbons (Fsp3) is 0.323. The van der Waals surface area contributed by atoms with Gasteiger partial charge in [0, 0.05) is 30.5 Å². The van der Waals surface area contributed by atoms with E-state index in [0.717, 1.165) is 48.2 Å². The van der Waals surface area contributed by atoms with Gasteiger partial charge in [0.2, 0.25) is 11.8 Å². The molecule has 0 aromatic heterocycles. The van der Waals surface area contributed by atoms with E-state index in [1.807, 2.05) is 29.2 Å². The number of carbonyl (C=O) groups is 3. The Morgan fingerprint density at radius 2 is 1.22 bits per heavy atom. The fourth-order valence-electron chi connectivity index (χ4n) is 7.10. The highest BCUT2D eigenvalue weighted by molar-refractivity contribution is 6.23. The molecule has 2 heterocycles. The minimum atomic E-state index is -0.421. The van der Waals surface area contributed by atoms with E-state index in [0.29, 0.717) is 17.2 Å². The van der Waals surface area contributed by atoms with E-state index in [1.54, 1.807) is 24.3 Å². The zero-order valence-corrected chi connectivity index (χ0v) is 20.3. The molecule has 3 amide bonds. The van der Waals surface area contributed by atoms with E-state index in [9.17, 15) is 14.4 Å². The predicted molar refractivity (Wildman–Crippen MR) is 137 cm³/mol. The van der Waals surface area contributed by atoms with Crippen molar-refractivity contribution in [1.82, 2.24) is 4.90 Å². The molecule has 2 bridgehead atoms. The summed E-state index contributed by atoms with van der Waals surface area (Å²) in [6.07, 6.45) is 2.00. The molecule has 3 aromatic rings. The van der Waals surface area contributed by atoms with Gasteiger partial charge in [0.15, 0.2) is 0 Å². The first-order valence-corrected chi connectivity index (χ1v) is 13.0. The van der Waals surface area contributed by atoms with E-state index in [1.165, 1.54) is 4.90 Å². The molecule has 2 atom stereocenters. The summed E-state index contributed by atoms with van der Waals surface area (Å²) >= 11 is 0. The van der Waals surface area contributed by atoms with Crippen LogP contribution in [0, 0.1) is 17.8 Å². The lowest BCUT2D eigenvalue weighted by Crippen LogP contribution is -2.41. The summed E-state index contributed by atoms with van der Waals surface area (Å²) in [6.45, 7) is 3.71. The van der Waals surface area contributed by atoms with E-state index < -0.39 is 11.8 Å². The third-order valence-corrected chi connectivity index (χ3v) is 8.87. The van der Waals surface area contributed by atoms with Crippen LogP contribution in [0.4, 0.5) is 5.69 Å². The maximum atomic E-state index is 14.0. The van der Waals surface area contributed by atoms with E-state index >= 15 is 0 Å². The van der Waals surface area contributed by atoms with Crippen LogP contribution < -0.4 is 4.90 Å². The highest BCUT2D eigenvalue weighted by atomic mass is 16.2. The molecule has 2 fully saturated rings. The lowest BCUT2D eigenvalue weighted by Gasteiger charge is -2.45. The van der Waals surface area contributed by atoms with Crippen molar-refractivity contribution in [2.45, 2.75) is 31.6 Å². The molecule has 0 N–H and O–H groups in total. The van der Waals surface area contributed by atoms with E-state index in [2.05, 4.69) is 31.2 Å². The molecule has 0 saturated carbocycles. The van der Waals surface area contributed by atoms with Gasteiger partial charge in [-0.2, -0.15) is 0 Å². The molecule has 5 aliphatic rings. The number of nitrogens with zero attached hydrogens (tertiary/aromatic N) is 2. The fourth-order valence-corrected chi connectivity index (χ4v) is 7.10. The van der Waals surface area contributed by atoms with Crippen molar-refractivity contribution in [3.8, 4) is 0 Å². The number of amides is 3. The highest BCUT2D eigenvalue weighted by Gasteiger charge is 2.61. The monoisotopic (exact) mass is 476 g/mol. The summed E-state index contributed by atoms with van der Waals surface area (Å²) in [5, 5.41) is 0. The maximum Gasteiger partial charge on any atom is 0.253 e. The van der Waals surface area contributed by atoms with Crippen molar-refractivity contribution in [2.75, 3.05) is 18.0 Å². The van der Waals surface area contributed by atoms with Crippen LogP contribution in [0.2, 0.25) is 0 Å². The number of carbonyl (C=O) groups excluding carboxylic acids is 3. The Kier molecular flexibility index (Phi) is 4.72. The Labute approximate surface area is 210 Å². The largest absolute Gasteiger partial charge is 0.339 e. The molecule has 0 unspecified atom stereocenters. The Balaban J connectivity index is 1.27. The van der Waals surface area contributed by atoms with Crippen molar-refractivity contribution < 1.29 is 14.4 Å². The molecule has 8 rings (SSSR count). The van der Waals surface area contributed by atoms with Crippen LogP contribution in [-0.2, 0) is 9.59 Å². The Bertz CT molecular complexity index is 1310. The van der Waals surface area contributed by atoms with Crippen molar-refractivity contribution >= 4 is 23.4 Å². The third kappa shape index (κ3) is 2.92. The van der Waals surface area contributed by atoms with Gasteiger partial charge >= 0.3 is 0 Å². The van der Waals surface area contributed by atoms with Crippen molar-refractivity contribution in [1.29, 1.82) is 0 Å². The molecule has 3 aromatic carbocycles. The predicted octanol–water partition coefficient (Wildman–Crippen LogP) is 4.96. The lowest BCUT2D eigenvalue weighted by atomic mass is 9.55. The number of benzene rings is 3. The van der Waals surface area contributed by atoms with Gasteiger partial charge in [0.1, 0.15) is 0 Å². The number of rotatable bonds is 2. The second kappa shape index (κ2) is 7.89. The van der Waals surface area contributed by atoms with Gasteiger partial charge in [0.25, 0.3) is 5.91 Å². The first-order chi connectivity index (χ1) is 17.5. The number of anilines is 1. The van der Waals surface area contributed by atoms with Crippen molar-refractivity contribution in [3.05, 3.63) is 101 Å². The molecular formula is C31H28N2O3. The molecule has 5 nitrogen and oxygen atoms in total. The number of hydrogen-bond acceptors (Lipinski definition) is 3. The lowest BCUT2D eigenvalue weighted by molar-refractivity contribution is -0.122. The second-order valence-electron chi connectivity index (χ2n) is 10.8. The van der Waals surface area contributed by atoms with Crippen molar-refractivity contribution in [2.24, 2.45) is 17.8 Å². The van der Waals surface area contributed by atoms with Crippen LogP contribution in [0.15, 0.2) is 72.8 Å². The standard InChI is InChI=1S/C31H28N2O3/c1-18-13-15-32(16-14-18)29(34)19-7-6-8-20(17-19)33-30(35)27-25-21-9-2-3-10-22(21)26(28(27)31(33)36)24-12-5-4-11-23(24)25/h2-12,17-18,25-28H,13-16H2,1H3/t25?,26?,27-,28-/m0/s1. The van der Waals surface area contributed by atoms with E-state index in [-0.39, 0.29) is 29.6 Å². The Morgan fingerprint density at radius 1 is 0.722 bits per heavy atom. The van der Waals surface area contributed by atoms with E-state index in [4.69, 9.17) is 0 Å². The molecule has 180 valence electrons. The van der Waals surface area contributed by atoms with Crippen LogP contribution in [0.25, 0.3) is 0 Å². The summed E-state index contributed by atoms with van der Waals surface area (Å²) in [4.78, 5) is 44.5. The second-order valence-corrected chi connectivity index (χ2v) is 10.8. The average molecular weight is 477 g/mol. The molecule has 0 radical (unpaired) electrons. The summed E-state index contributed by atoms with van der Waals surface area (Å²) in [7, 11) is 0. The first-order valence-electron chi connectivity index (χ1n) is 13.0. The van der Waals surface area contributed by atoms with Gasteiger partial charge in [-0.1, -0.05) is 61.5 Å². The minimum absolute atomic E-state index is 0.0276. The van der Waals surface area contributed by atoms with Gasteiger partial charge in [0.05, 0.1) is 17.5 Å². The minimum Gasteiger partial charge on any atom is -0.339 e. The smallest absolute Gasteiger partial charge is 0.253 e. The molecular weight excluding hydrogens is 448 g/mol. The summed E-state index contributed by atoms with van der Waals surface area (Å²) in [5.41, 5.74) is 5.68. The average Bonchev–Trinajstić information content (AvgIpc) is 3.19. The molecule has 5 heteroatoms. The molecule has 3 aliphatic carbocycles. The summed E-state index contributed by atoms with van der Waals surface area (Å²) in [6, 6.07) is 23.6. The molecule has 2 aliphatic heterocycles. The normalized spacial score (nSPS) is 26.6. The summed E-state index contributed by atoms with van der Waals surface area (Å²) < 4.78 is 0. The van der Waals surface area contributed by atoms with Gasteiger partial charge < -0.3 is 4.90 Å². The maximum absolute atomic E-state index is 14.0. The number of likely N-dealkylation sites (tertiary alicyclic amines) is 1. The van der Waals surface area contributed by atoms with Crippen LogP contribution in [0.1, 0.15) is 64.2 Å². The van der Waals surface area contributed by atoms with Crippen LogP contribution >= 0.6 is 0 Å². The Hall–Kier alpha value is -3.73. The number of piperidine rings is 1. The van der Waals surface area contributed by atoms with Gasteiger partial charge in [-0.15, -0.1) is 0 Å². The first kappa shape index (κ1) is 21.5. The molecule has 2 saturated heterocycles. The summed E-state index contributed by atoms with van der Waals surface area (Å²) in [5.74, 6) is -0.804.